The lowest BCUT2D eigenvalue weighted by Crippen LogP contribution is -2.36. The number of nitrogens with zero attached hydrogens (tertiary/aromatic N) is 3. The van der Waals surface area contributed by atoms with Gasteiger partial charge in [-0.15, -0.1) is 0 Å². The maximum absolute atomic E-state index is 6.49. The minimum absolute atomic E-state index is 0.604. The van der Waals surface area contributed by atoms with Gasteiger partial charge in [-0.3, -0.25) is 9.67 Å². The summed E-state index contributed by atoms with van der Waals surface area (Å²) in [7, 11) is 0.361. The van der Waals surface area contributed by atoms with Gasteiger partial charge in [-0.25, -0.2) is 0 Å². The molecule has 6 heteroatoms. The summed E-state index contributed by atoms with van der Waals surface area (Å²) in [4.78, 5) is 4.47. The number of hydrogen-bond acceptors (Lipinski definition) is 3. The van der Waals surface area contributed by atoms with Crippen LogP contribution >= 0.6 is 11.6 Å². The Morgan fingerprint density at radius 2 is 2.00 bits per heavy atom. The SMILES string of the molecule is Cn1cc(-c2cnc3cc([Si](C)(C)C)oc3c2Cl)cn1. The minimum atomic E-state index is -1.51. The number of hydrogen-bond donors (Lipinski definition) is 0. The van der Waals surface area contributed by atoms with E-state index in [1.807, 2.05) is 19.3 Å². The fourth-order valence-corrected chi connectivity index (χ4v) is 3.35. The van der Waals surface area contributed by atoms with E-state index in [0.29, 0.717) is 10.6 Å². The first-order chi connectivity index (χ1) is 9.36. The summed E-state index contributed by atoms with van der Waals surface area (Å²) in [6.45, 7) is 6.71. The molecule has 20 heavy (non-hydrogen) atoms. The summed E-state index contributed by atoms with van der Waals surface area (Å²) in [5.41, 5.74) is 3.28. The van der Waals surface area contributed by atoms with Gasteiger partial charge in [0.2, 0.25) is 0 Å². The molecular weight excluding hydrogens is 290 g/mol. The Balaban J connectivity index is 2.20. The van der Waals surface area contributed by atoms with Crippen LogP contribution in [-0.2, 0) is 7.05 Å². The number of fused-ring (bicyclic) bond motifs is 1. The van der Waals surface area contributed by atoms with E-state index in [1.165, 1.54) is 0 Å². The van der Waals surface area contributed by atoms with E-state index >= 15 is 0 Å². The van der Waals surface area contributed by atoms with Crippen molar-refractivity contribution >= 4 is 36.2 Å². The smallest absolute Gasteiger partial charge is 0.171 e. The van der Waals surface area contributed by atoms with E-state index in [9.17, 15) is 0 Å². The van der Waals surface area contributed by atoms with Crippen molar-refractivity contribution < 1.29 is 4.42 Å². The molecule has 0 spiro atoms. The summed E-state index contributed by atoms with van der Waals surface area (Å²) < 4.78 is 7.71. The van der Waals surface area contributed by atoms with Crippen LogP contribution in [-0.4, -0.2) is 22.8 Å². The normalized spacial score (nSPS) is 12.2. The summed E-state index contributed by atoms with van der Waals surface area (Å²) in [5, 5.41) is 5.79. The third kappa shape index (κ3) is 2.17. The molecule has 0 saturated heterocycles. The molecule has 3 aromatic rings. The maximum Gasteiger partial charge on any atom is 0.171 e. The lowest BCUT2D eigenvalue weighted by Gasteiger charge is -2.10. The average Bonchev–Trinajstić information content (AvgIpc) is 2.95. The number of aromatic nitrogens is 3. The zero-order valence-electron chi connectivity index (χ0n) is 11.9. The zero-order valence-corrected chi connectivity index (χ0v) is 13.7. The van der Waals surface area contributed by atoms with Crippen molar-refractivity contribution in [2.45, 2.75) is 19.6 Å². The highest BCUT2D eigenvalue weighted by Crippen LogP contribution is 2.33. The highest BCUT2D eigenvalue weighted by molar-refractivity contribution is 6.87. The Morgan fingerprint density at radius 1 is 1.25 bits per heavy atom. The second kappa shape index (κ2) is 4.46. The largest absolute Gasteiger partial charge is 0.463 e. The molecule has 0 bridgehead atoms. The molecule has 0 amide bonds. The first kappa shape index (κ1) is 13.4. The molecule has 0 aromatic carbocycles. The van der Waals surface area contributed by atoms with Crippen LogP contribution in [0.4, 0.5) is 0 Å². The van der Waals surface area contributed by atoms with Crippen molar-refractivity contribution in [2.75, 3.05) is 0 Å². The average molecular weight is 306 g/mol. The monoisotopic (exact) mass is 305 g/mol. The Morgan fingerprint density at radius 3 is 2.60 bits per heavy atom. The fourth-order valence-electron chi connectivity index (χ4n) is 2.08. The zero-order chi connectivity index (χ0) is 14.5. The molecule has 4 nitrogen and oxygen atoms in total. The number of aryl methyl sites for hydroxylation is 1. The Labute approximate surface area is 123 Å². The predicted octanol–water partition coefficient (Wildman–Crippen LogP) is 3.43. The standard InChI is InChI=1S/C14H16ClN3OSi/c1-18-8-9(6-17-18)10-7-16-11-5-12(20(2,3)4)19-14(11)13(10)15/h5-8H,1-4H3. The van der Waals surface area contributed by atoms with E-state index in [-0.39, 0.29) is 0 Å². The van der Waals surface area contributed by atoms with Crippen molar-refractivity contribution in [2.24, 2.45) is 7.05 Å². The van der Waals surface area contributed by atoms with Crippen molar-refractivity contribution in [3.63, 3.8) is 0 Å². The van der Waals surface area contributed by atoms with E-state index in [1.54, 1.807) is 17.1 Å². The van der Waals surface area contributed by atoms with E-state index < -0.39 is 8.07 Å². The lowest BCUT2D eigenvalue weighted by molar-refractivity contribution is 0.648. The van der Waals surface area contributed by atoms with Crippen LogP contribution in [0.1, 0.15) is 0 Å². The predicted molar refractivity (Wildman–Crippen MR) is 84.2 cm³/mol. The summed E-state index contributed by atoms with van der Waals surface area (Å²) in [6, 6.07) is 2.01. The van der Waals surface area contributed by atoms with E-state index in [2.05, 4.69) is 29.7 Å². The number of halogens is 1. The summed E-state index contributed by atoms with van der Waals surface area (Å²) in [5.74, 6) is 0. The van der Waals surface area contributed by atoms with Gasteiger partial charge in [0.15, 0.2) is 5.58 Å². The van der Waals surface area contributed by atoms with Crippen LogP contribution in [0.5, 0.6) is 0 Å². The van der Waals surface area contributed by atoms with Crippen LogP contribution in [0.15, 0.2) is 29.1 Å². The highest BCUT2D eigenvalue weighted by Gasteiger charge is 2.23. The molecule has 0 aliphatic carbocycles. The van der Waals surface area contributed by atoms with Crippen molar-refractivity contribution in [3.05, 3.63) is 29.7 Å². The number of furan rings is 1. The van der Waals surface area contributed by atoms with Crippen LogP contribution < -0.4 is 5.38 Å². The second-order valence-corrected chi connectivity index (χ2v) is 11.3. The van der Waals surface area contributed by atoms with Gasteiger partial charge < -0.3 is 4.42 Å². The van der Waals surface area contributed by atoms with Gasteiger partial charge in [0.25, 0.3) is 0 Å². The van der Waals surface area contributed by atoms with Gasteiger partial charge in [-0.05, 0) is 0 Å². The molecule has 0 aliphatic rings. The van der Waals surface area contributed by atoms with Gasteiger partial charge in [-0.1, -0.05) is 31.2 Å². The maximum atomic E-state index is 6.49. The van der Waals surface area contributed by atoms with Crippen LogP contribution in [0.2, 0.25) is 24.7 Å². The van der Waals surface area contributed by atoms with Crippen LogP contribution in [0, 0.1) is 0 Å². The quantitative estimate of drug-likeness (QED) is 0.681. The summed E-state index contributed by atoms with van der Waals surface area (Å²) in [6.07, 6.45) is 5.47. The topological polar surface area (TPSA) is 43.9 Å². The van der Waals surface area contributed by atoms with Gasteiger partial charge in [-0.2, -0.15) is 5.10 Å². The molecule has 0 saturated carbocycles. The first-order valence-electron chi connectivity index (χ1n) is 6.44. The fraction of sp³-hybridized carbons (Fsp3) is 0.286. The van der Waals surface area contributed by atoms with Gasteiger partial charge in [0, 0.05) is 36.6 Å². The third-order valence-corrected chi connectivity index (χ3v) is 5.34. The first-order valence-corrected chi connectivity index (χ1v) is 10.3. The van der Waals surface area contributed by atoms with Gasteiger partial charge >= 0.3 is 0 Å². The third-order valence-electron chi connectivity index (χ3n) is 3.24. The van der Waals surface area contributed by atoms with E-state index in [0.717, 1.165) is 22.0 Å². The highest BCUT2D eigenvalue weighted by atomic mass is 35.5. The Kier molecular flexibility index (Phi) is 2.99. The molecule has 0 radical (unpaired) electrons. The Bertz CT molecular complexity index is 785. The van der Waals surface area contributed by atoms with Crippen LogP contribution in [0.3, 0.4) is 0 Å². The van der Waals surface area contributed by atoms with Gasteiger partial charge in [0.05, 0.1) is 16.6 Å². The molecule has 3 rings (SSSR count). The molecule has 0 fully saturated rings. The number of rotatable bonds is 2. The molecule has 0 unspecified atom stereocenters. The van der Waals surface area contributed by atoms with Crippen molar-refractivity contribution in [1.29, 1.82) is 0 Å². The molecule has 3 heterocycles. The molecule has 0 atom stereocenters. The number of pyridine rings is 1. The lowest BCUT2D eigenvalue weighted by atomic mass is 10.1. The summed E-state index contributed by atoms with van der Waals surface area (Å²) >= 11 is 6.49. The molecule has 0 N–H and O–H groups in total. The van der Waals surface area contributed by atoms with E-state index in [4.69, 9.17) is 16.0 Å². The van der Waals surface area contributed by atoms with Crippen molar-refractivity contribution in [1.82, 2.24) is 14.8 Å². The van der Waals surface area contributed by atoms with Crippen molar-refractivity contribution in [3.8, 4) is 11.1 Å². The van der Waals surface area contributed by atoms with Gasteiger partial charge in [0.1, 0.15) is 13.6 Å². The molecule has 3 aromatic heterocycles. The Hall–Kier alpha value is -1.59. The second-order valence-electron chi connectivity index (χ2n) is 5.96. The van der Waals surface area contributed by atoms with Crippen LogP contribution in [0.25, 0.3) is 22.2 Å². The molecule has 104 valence electrons. The molecular formula is C14H16ClN3OSi. The minimum Gasteiger partial charge on any atom is -0.463 e. The molecule has 0 aliphatic heterocycles.